The minimum absolute atomic E-state index is 0.0663. The van der Waals surface area contributed by atoms with Crippen LogP contribution in [0.3, 0.4) is 0 Å². The van der Waals surface area contributed by atoms with Crippen LogP contribution in [0, 0.1) is 11.2 Å². The SMILES string of the molecule is CC1(CNC(=O)c2cc3ccc(F)cc3s2)CCCNC1. The Balaban J connectivity index is 1.69. The summed E-state index contributed by atoms with van der Waals surface area (Å²) in [7, 11) is 0. The minimum atomic E-state index is -0.267. The summed E-state index contributed by atoms with van der Waals surface area (Å²) in [6.07, 6.45) is 2.27. The Kier molecular flexibility index (Phi) is 3.95. The van der Waals surface area contributed by atoms with Crippen LogP contribution < -0.4 is 10.6 Å². The molecule has 1 aliphatic heterocycles. The molecule has 1 aromatic carbocycles. The summed E-state index contributed by atoms with van der Waals surface area (Å²) in [6, 6.07) is 6.44. The van der Waals surface area contributed by atoms with E-state index >= 15 is 0 Å². The summed E-state index contributed by atoms with van der Waals surface area (Å²) >= 11 is 1.34. The van der Waals surface area contributed by atoms with Crippen molar-refractivity contribution in [3.05, 3.63) is 35.0 Å². The second-order valence-electron chi connectivity index (χ2n) is 6.07. The summed E-state index contributed by atoms with van der Waals surface area (Å²) in [6.45, 7) is 4.86. The molecule has 0 radical (unpaired) electrons. The van der Waals surface area contributed by atoms with Crippen LogP contribution in [0.1, 0.15) is 29.4 Å². The van der Waals surface area contributed by atoms with Gasteiger partial charge in [-0.05, 0) is 48.4 Å². The number of benzene rings is 1. The number of halogens is 1. The second kappa shape index (κ2) is 5.73. The first kappa shape index (κ1) is 14.5. The fourth-order valence-corrected chi connectivity index (χ4v) is 3.77. The van der Waals surface area contributed by atoms with Crippen molar-refractivity contribution in [3.63, 3.8) is 0 Å². The molecule has 1 amide bonds. The molecule has 3 rings (SSSR count). The van der Waals surface area contributed by atoms with E-state index in [9.17, 15) is 9.18 Å². The zero-order chi connectivity index (χ0) is 14.9. The van der Waals surface area contributed by atoms with E-state index in [2.05, 4.69) is 17.6 Å². The van der Waals surface area contributed by atoms with Crippen molar-refractivity contribution in [2.24, 2.45) is 5.41 Å². The number of thiophene rings is 1. The van der Waals surface area contributed by atoms with E-state index in [1.54, 1.807) is 6.07 Å². The zero-order valence-corrected chi connectivity index (χ0v) is 12.9. The molecule has 5 heteroatoms. The van der Waals surface area contributed by atoms with Gasteiger partial charge in [-0.25, -0.2) is 4.39 Å². The molecule has 1 atom stereocenters. The highest BCUT2D eigenvalue weighted by Crippen LogP contribution is 2.27. The van der Waals surface area contributed by atoms with Gasteiger partial charge in [0, 0.05) is 17.8 Å². The number of hydrogen-bond donors (Lipinski definition) is 2. The molecule has 1 unspecified atom stereocenters. The first-order valence-corrected chi connectivity index (χ1v) is 8.05. The van der Waals surface area contributed by atoms with Gasteiger partial charge in [0.1, 0.15) is 5.82 Å². The summed E-state index contributed by atoms with van der Waals surface area (Å²) < 4.78 is 14.0. The highest BCUT2D eigenvalue weighted by molar-refractivity contribution is 7.20. The highest BCUT2D eigenvalue weighted by Gasteiger charge is 2.27. The molecule has 0 spiro atoms. The summed E-state index contributed by atoms with van der Waals surface area (Å²) in [5.41, 5.74) is 0.122. The molecule has 1 aliphatic rings. The van der Waals surface area contributed by atoms with E-state index in [0.29, 0.717) is 11.4 Å². The summed E-state index contributed by atoms with van der Waals surface area (Å²) in [4.78, 5) is 12.9. The maximum absolute atomic E-state index is 13.2. The van der Waals surface area contributed by atoms with Gasteiger partial charge in [0.2, 0.25) is 0 Å². The van der Waals surface area contributed by atoms with Crippen LogP contribution in [-0.2, 0) is 0 Å². The summed E-state index contributed by atoms with van der Waals surface area (Å²) in [5.74, 6) is -0.333. The average Bonchev–Trinajstić information content (AvgIpc) is 2.88. The molecule has 2 aromatic rings. The topological polar surface area (TPSA) is 41.1 Å². The van der Waals surface area contributed by atoms with Crippen molar-refractivity contribution < 1.29 is 9.18 Å². The van der Waals surface area contributed by atoms with Crippen LogP contribution >= 0.6 is 11.3 Å². The van der Waals surface area contributed by atoms with Gasteiger partial charge in [-0.15, -0.1) is 11.3 Å². The molecular formula is C16H19FN2OS. The third-order valence-corrected chi connectivity index (χ3v) is 5.16. The first-order valence-electron chi connectivity index (χ1n) is 7.24. The average molecular weight is 306 g/mol. The van der Waals surface area contributed by atoms with Crippen molar-refractivity contribution in [1.82, 2.24) is 10.6 Å². The third kappa shape index (κ3) is 3.24. The lowest BCUT2D eigenvalue weighted by atomic mass is 9.83. The number of carbonyl (C=O) groups is 1. The lowest BCUT2D eigenvalue weighted by Crippen LogP contribution is -2.45. The van der Waals surface area contributed by atoms with Gasteiger partial charge >= 0.3 is 0 Å². The van der Waals surface area contributed by atoms with Crippen LogP contribution in [-0.4, -0.2) is 25.5 Å². The fraction of sp³-hybridized carbons (Fsp3) is 0.438. The lowest BCUT2D eigenvalue weighted by molar-refractivity contribution is 0.0929. The van der Waals surface area contributed by atoms with E-state index in [4.69, 9.17) is 0 Å². The quantitative estimate of drug-likeness (QED) is 0.914. The number of fused-ring (bicyclic) bond motifs is 1. The molecule has 2 heterocycles. The Morgan fingerprint density at radius 1 is 1.48 bits per heavy atom. The maximum Gasteiger partial charge on any atom is 0.261 e. The van der Waals surface area contributed by atoms with Crippen LogP contribution in [0.4, 0.5) is 4.39 Å². The molecule has 2 N–H and O–H groups in total. The van der Waals surface area contributed by atoms with Crippen LogP contribution in [0.15, 0.2) is 24.3 Å². The first-order chi connectivity index (χ1) is 10.1. The van der Waals surface area contributed by atoms with Gasteiger partial charge in [-0.3, -0.25) is 4.79 Å². The molecule has 3 nitrogen and oxygen atoms in total. The van der Waals surface area contributed by atoms with E-state index < -0.39 is 0 Å². The van der Waals surface area contributed by atoms with Crippen molar-refractivity contribution in [2.45, 2.75) is 19.8 Å². The predicted molar refractivity (Wildman–Crippen MR) is 84.3 cm³/mol. The third-order valence-electron chi connectivity index (χ3n) is 4.07. The molecule has 112 valence electrons. The van der Waals surface area contributed by atoms with Gasteiger partial charge in [0.05, 0.1) is 4.88 Å². The van der Waals surface area contributed by atoms with Gasteiger partial charge in [-0.2, -0.15) is 0 Å². The van der Waals surface area contributed by atoms with Crippen LogP contribution in [0.5, 0.6) is 0 Å². The Labute approximate surface area is 127 Å². The Morgan fingerprint density at radius 3 is 3.10 bits per heavy atom. The Morgan fingerprint density at radius 2 is 2.33 bits per heavy atom. The smallest absolute Gasteiger partial charge is 0.261 e. The molecule has 1 saturated heterocycles. The predicted octanol–water partition coefficient (Wildman–Crippen LogP) is 3.16. The van der Waals surface area contributed by atoms with Gasteiger partial charge < -0.3 is 10.6 Å². The standard InChI is InChI=1S/C16H19FN2OS/c1-16(5-2-6-18-9-16)10-19-15(20)14-7-11-3-4-12(17)8-13(11)21-14/h3-4,7-8,18H,2,5-6,9-10H2,1H3,(H,19,20). The highest BCUT2D eigenvalue weighted by atomic mass is 32.1. The number of piperidine rings is 1. The monoisotopic (exact) mass is 306 g/mol. The van der Waals surface area contributed by atoms with Crippen molar-refractivity contribution >= 4 is 27.3 Å². The van der Waals surface area contributed by atoms with E-state index in [1.807, 2.05) is 6.07 Å². The van der Waals surface area contributed by atoms with Crippen molar-refractivity contribution in [2.75, 3.05) is 19.6 Å². The molecule has 0 bridgehead atoms. The van der Waals surface area contributed by atoms with E-state index in [0.717, 1.165) is 36.0 Å². The lowest BCUT2D eigenvalue weighted by Gasteiger charge is -2.34. The molecule has 21 heavy (non-hydrogen) atoms. The number of nitrogens with one attached hydrogen (secondary N) is 2. The zero-order valence-electron chi connectivity index (χ0n) is 12.0. The second-order valence-corrected chi connectivity index (χ2v) is 7.15. The number of amides is 1. The minimum Gasteiger partial charge on any atom is -0.351 e. The molecule has 0 aliphatic carbocycles. The van der Waals surface area contributed by atoms with Crippen LogP contribution in [0.25, 0.3) is 10.1 Å². The molecular weight excluding hydrogens is 287 g/mol. The largest absolute Gasteiger partial charge is 0.351 e. The fourth-order valence-electron chi connectivity index (χ4n) is 2.77. The van der Waals surface area contributed by atoms with Crippen molar-refractivity contribution in [3.8, 4) is 0 Å². The van der Waals surface area contributed by atoms with Gasteiger partial charge in [0.25, 0.3) is 5.91 Å². The molecule has 1 aromatic heterocycles. The number of rotatable bonds is 3. The van der Waals surface area contributed by atoms with Gasteiger partial charge in [-0.1, -0.05) is 13.0 Å². The van der Waals surface area contributed by atoms with Crippen LogP contribution in [0.2, 0.25) is 0 Å². The van der Waals surface area contributed by atoms with E-state index in [1.165, 1.54) is 23.5 Å². The van der Waals surface area contributed by atoms with Crippen molar-refractivity contribution in [1.29, 1.82) is 0 Å². The molecule has 0 saturated carbocycles. The normalized spacial score (nSPS) is 22.4. The number of hydrogen-bond acceptors (Lipinski definition) is 3. The summed E-state index contributed by atoms with van der Waals surface area (Å²) in [5, 5.41) is 7.31. The van der Waals surface area contributed by atoms with Gasteiger partial charge in [0.15, 0.2) is 0 Å². The Hall–Kier alpha value is -1.46. The number of carbonyl (C=O) groups excluding carboxylic acids is 1. The van der Waals surface area contributed by atoms with E-state index in [-0.39, 0.29) is 17.1 Å². The Bertz CT molecular complexity index is 661. The maximum atomic E-state index is 13.2. The molecule has 1 fully saturated rings.